The maximum Gasteiger partial charge on any atom is 0.254 e. The molecule has 0 bridgehead atoms. The number of hydrogen-bond acceptors (Lipinski definition) is 4. The molecule has 1 aliphatic carbocycles. The van der Waals surface area contributed by atoms with Gasteiger partial charge in [-0.2, -0.15) is 14.6 Å². The minimum absolute atomic E-state index is 0.00102. The number of fused-ring (bicyclic) bond motifs is 1. The lowest BCUT2D eigenvalue weighted by molar-refractivity contribution is 0.0790. The van der Waals surface area contributed by atoms with Crippen molar-refractivity contribution in [2.75, 3.05) is 7.05 Å². The van der Waals surface area contributed by atoms with Crippen LogP contribution in [0.2, 0.25) is 0 Å². The first-order chi connectivity index (χ1) is 13.3. The van der Waals surface area contributed by atoms with Crippen LogP contribution in [0.15, 0.2) is 36.2 Å². The fourth-order valence-electron chi connectivity index (χ4n) is 3.50. The third-order valence-electron chi connectivity index (χ3n) is 4.99. The predicted molar refractivity (Wildman–Crippen MR) is 105 cm³/mol. The van der Waals surface area contributed by atoms with Gasteiger partial charge in [0.2, 0.25) is 0 Å². The van der Waals surface area contributed by atoms with Gasteiger partial charge in [-0.25, -0.2) is 9.37 Å². The zero-order valence-electron chi connectivity index (χ0n) is 16.3. The summed E-state index contributed by atoms with van der Waals surface area (Å²) >= 11 is 0. The minimum atomic E-state index is -1.19. The number of amides is 1. The highest BCUT2D eigenvalue weighted by molar-refractivity contribution is 5.95. The van der Waals surface area contributed by atoms with Crippen molar-refractivity contribution in [3.8, 4) is 0 Å². The summed E-state index contributed by atoms with van der Waals surface area (Å²) in [7, 11) is 1.82. The zero-order valence-corrected chi connectivity index (χ0v) is 16.3. The molecule has 1 amide bonds. The van der Waals surface area contributed by atoms with Crippen molar-refractivity contribution in [2.45, 2.75) is 39.4 Å². The van der Waals surface area contributed by atoms with Gasteiger partial charge in [-0.15, -0.1) is 0 Å². The van der Waals surface area contributed by atoms with E-state index in [1.165, 1.54) is 13.3 Å². The number of halogens is 1. The number of aryl methyl sites for hydroxylation is 2. The summed E-state index contributed by atoms with van der Waals surface area (Å²) < 4.78 is 15.4. The van der Waals surface area contributed by atoms with Gasteiger partial charge in [0.05, 0.1) is 17.4 Å². The van der Waals surface area contributed by atoms with Crippen LogP contribution in [0, 0.1) is 13.8 Å². The predicted octanol–water partition coefficient (Wildman–Crippen LogP) is 3.70. The molecular weight excluding hydrogens is 357 g/mol. The Morgan fingerprint density at radius 1 is 1.29 bits per heavy atom. The molecule has 144 valence electrons. The second kappa shape index (κ2) is 6.82. The van der Waals surface area contributed by atoms with Crippen LogP contribution in [0.5, 0.6) is 0 Å². The van der Waals surface area contributed by atoms with Gasteiger partial charge in [-0.1, -0.05) is 17.2 Å². The fraction of sp³-hybridized carbons (Fsp3) is 0.333. The van der Waals surface area contributed by atoms with E-state index in [1.54, 1.807) is 15.5 Å². The number of benzene rings is 1. The van der Waals surface area contributed by atoms with Crippen molar-refractivity contribution in [1.29, 1.82) is 0 Å². The fourth-order valence-corrected chi connectivity index (χ4v) is 3.50. The van der Waals surface area contributed by atoms with Crippen molar-refractivity contribution in [2.24, 2.45) is 0 Å². The number of rotatable bonds is 4. The number of likely N-dealkylation sites (N-methyl/N-ethyl adjacent to an activating group) is 1. The Morgan fingerprint density at radius 2 is 2.00 bits per heavy atom. The summed E-state index contributed by atoms with van der Waals surface area (Å²) in [5.41, 5.74) is 4.97. The minimum Gasteiger partial charge on any atom is -0.335 e. The number of carbonyl (C=O) groups is 1. The molecule has 0 N–H and O–H groups in total. The molecule has 2 aromatic heterocycles. The van der Waals surface area contributed by atoms with Gasteiger partial charge < -0.3 is 4.90 Å². The Labute approximate surface area is 162 Å². The molecule has 0 aliphatic heterocycles. The lowest BCUT2D eigenvalue weighted by atomic mass is 10.1. The van der Waals surface area contributed by atoms with E-state index >= 15 is 0 Å². The summed E-state index contributed by atoms with van der Waals surface area (Å²) in [4.78, 5) is 22.9. The molecule has 1 saturated carbocycles. The van der Waals surface area contributed by atoms with Crippen molar-refractivity contribution >= 4 is 17.8 Å². The monoisotopic (exact) mass is 379 g/mol. The van der Waals surface area contributed by atoms with Gasteiger partial charge in [-0.05, 0) is 57.0 Å². The van der Waals surface area contributed by atoms with E-state index in [9.17, 15) is 9.18 Å². The number of alkyl halides is 1. The van der Waals surface area contributed by atoms with Crippen molar-refractivity contribution < 1.29 is 9.18 Å². The van der Waals surface area contributed by atoms with Crippen LogP contribution in [0.3, 0.4) is 0 Å². The highest BCUT2D eigenvalue weighted by Crippen LogP contribution is 2.37. The summed E-state index contributed by atoms with van der Waals surface area (Å²) in [6.07, 6.45) is 2.94. The second-order valence-electron chi connectivity index (χ2n) is 7.43. The molecular formula is C21H22FN5O. The smallest absolute Gasteiger partial charge is 0.254 e. The molecule has 2 heterocycles. The first kappa shape index (κ1) is 18.3. The van der Waals surface area contributed by atoms with Crippen LogP contribution < -0.4 is 0 Å². The average Bonchev–Trinajstić information content (AvgIpc) is 3.22. The highest BCUT2D eigenvalue weighted by atomic mass is 19.1. The standard InChI is InChI=1S/C21H22FN5O/c1-12-5-13(2)7-16(6-12)20(28)26(4)19-9-15(19)8-17-10-18(14(3)22)25-21-23-11-24-27(17)21/h5-8,10-11,14,19H,9H2,1-4H3/b15-8-/t14?,19-/m0/s1. The van der Waals surface area contributed by atoms with Crippen molar-refractivity contribution in [3.05, 3.63) is 64.2 Å². The summed E-state index contributed by atoms with van der Waals surface area (Å²) in [6, 6.07) is 7.59. The molecule has 1 aromatic carbocycles. The normalized spacial score (nSPS) is 18.5. The van der Waals surface area contributed by atoms with Crippen LogP contribution in [-0.4, -0.2) is 43.5 Å². The van der Waals surface area contributed by atoms with Gasteiger partial charge in [0.25, 0.3) is 11.7 Å². The van der Waals surface area contributed by atoms with Gasteiger partial charge >= 0.3 is 0 Å². The summed E-state index contributed by atoms with van der Waals surface area (Å²) in [5.74, 6) is 0.365. The van der Waals surface area contributed by atoms with E-state index in [2.05, 4.69) is 21.1 Å². The van der Waals surface area contributed by atoms with E-state index in [0.717, 1.165) is 23.1 Å². The van der Waals surface area contributed by atoms with E-state index < -0.39 is 6.17 Å². The zero-order chi connectivity index (χ0) is 20.0. The molecule has 6 nitrogen and oxygen atoms in total. The van der Waals surface area contributed by atoms with Crippen LogP contribution in [0.1, 0.15) is 52.4 Å². The molecule has 7 heteroatoms. The topological polar surface area (TPSA) is 63.4 Å². The molecule has 28 heavy (non-hydrogen) atoms. The quantitative estimate of drug-likeness (QED) is 0.693. The highest BCUT2D eigenvalue weighted by Gasteiger charge is 2.36. The summed E-state index contributed by atoms with van der Waals surface area (Å²) in [5, 5.41) is 4.17. The van der Waals surface area contributed by atoms with Crippen LogP contribution in [0.4, 0.5) is 4.39 Å². The SMILES string of the molecule is Cc1cc(C)cc(C(=O)N(C)[C@H]2C/C2=C/c2cc(C(C)F)nc3ncnn23)c1. The van der Waals surface area contributed by atoms with Crippen LogP contribution >= 0.6 is 0 Å². The molecule has 0 saturated heterocycles. The van der Waals surface area contributed by atoms with Gasteiger partial charge in [0.15, 0.2) is 0 Å². The van der Waals surface area contributed by atoms with Crippen molar-refractivity contribution in [3.63, 3.8) is 0 Å². The first-order valence-electron chi connectivity index (χ1n) is 9.24. The Morgan fingerprint density at radius 3 is 2.68 bits per heavy atom. The Bertz CT molecular complexity index is 1080. The Hall–Kier alpha value is -3.09. The first-order valence-corrected chi connectivity index (χ1v) is 9.24. The molecule has 4 rings (SSSR count). The van der Waals surface area contributed by atoms with Gasteiger partial charge in [0, 0.05) is 12.6 Å². The lowest BCUT2D eigenvalue weighted by Gasteiger charge is -2.17. The maximum atomic E-state index is 13.8. The third kappa shape index (κ3) is 3.40. The third-order valence-corrected chi connectivity index (χ3v) is 4.99. The van der Waals surface area contributed by atoms with Gasteiger partial charge in [-0.3, -0.25) is 4.79 Å². The van der Waals surface area contributed by atoms with E-state index in [-0.39, 0.29) is 11.9 Å². The van der Waals surface area contributed by atoms with Crippen molar-refractivity contribution in [1.82, 2.24) is 24.5 Å². The molecule has 2 atom stereocenters. The number of aromatic nitrogens is 4. The number of hydrogen-bond donors (Lipinski definition) is 0. The molecule has 1 aliphatic rings. The van der Waals surface area contributed by atoms with E-state index in [4.69, 9.17) is 0 Å². The molecule has 1 unspecified atom stereocenters. The Kier molecular flexibility index (Phi) is 4.45. The van der Waals surface area contributed by atoms with E-state index in [0.29, 0.717) is 22.7 Å². The second-order valence-corrected chi connectivity index (χ2v) is 7.43. The number of carbonyl (C=O) groups excluding carboxylic acids is 1. The molecule has 1 fully saturated rings. The Balaban J connectivity index is 1.60. The largest absolute Gasteiger partial charge is 0.335 e. The lowest BCUT2D eigenvalue weighted by Crippen LogP contribution is -2.29. The molecule has 0 spiro atoms. The molecule has 0 radical (unpaired) electrons. The molecule has 3 aromatic rings. The maximum absolute atomic E-state index is 13.8. The van der Waals surface area contributed by atoms with E-state index in [1.807, 2.05) is 39.1 Å². The van der Waals surface area contributed by atoms with Crippen LogP contribution in [-0.2, 0) is 0 Å². The van der Waals surface area contributed by atoms with Crippen LogP contribution in [0.25, 0.3) is 11.9 Å². The van der Waals surface area contributed by atoms with Gasteiger partial charge in [0.1, 0.15) is 12.5 Å². The average molecular weight is 379 g/mol. The number of nitrogens with zero attached hydrogens (tertiary/aromatic N) is 5. The summed E-state index contributed by atoms with van der Waals surface area (Å²) in [6.45, 7) is 5.42.